The summed E-state index contributed by atoms with van der Waals surface area (Å²) in [6.45, 7) is 7.27. The molecular weight excluding hydrogens is 256 g/mol. The van der Waals surface area contributed by atoms with E-state index in [0.717, 1.165) is 12.0 Å². The van der Waals surface area contributed by atoms with E-state index in [1.165, 1.54) is 6.92 Å². The van der Waals surface area contributed by atoms with Gasteiger partial charge >= 0.3 is 0 Å². The highest BCUT2D eigenvalue weighted by Crippen LogP contribution is 2.34. The molecule has 1 aliphatic heterocycles. The van der Waals surface area contributed by atoms with Crippen molar-refractivity contribution in [3.8, 4) is 5.75 Å². The molecule has 0 bridgehead atoms. The molecule has 5 heteroatoms. The summed E-state index contributed by atoms with van der Waals surface area (Å²) in [5.41, 5.74) is 0.0789. The lowest BCUT2D eigenvalue weighted by atomic mass is 10.0. The van der Waals surface area contributed by atoms with Crippen molar-refractivity contribution < 1.29 is 14.3 Å². The van der Waals surface area contributed by atoms with Gasteiger partial charge in [-0.05, 0) is 44.9 Å². The summed E-state index contributed by atoms with van der Waals surface area (Å²) in [4.78, 5) is 24.5. The van der Waals surface area contributed by atoms with E-state index >= 15 is 0 Å². The van der Waals surface area contributed by atoms with Gasteiger partial charge in [-0.15, -0.1) is 0 Å². The van der Waals surface area contributed by atoms with Crippen molar-refractivity contribution in [2.45, 2.75) is 45.8 Å². The van der Waals surface area contributed by atoms with Gasteiger partial charge in [0.1, 0.15) is 5.75 Å². The van der Waals surface area contributed by atoms with Gasteiger partial charge in [-0.2, -0.15) is 0 Å². The summed E-state index contributed by atoms with van der Waals surface area (Å²) in [7, 11) is 0. The molecule has 1 aliphatic rings. The first-order chi connectivity index (χ1) is 9.36. The van der Waals surface area contributed by atoms with Crippen LogP contribution in [0.4, 0.5) is 5.69 Å². The van der Waals surface area contributed by atoms with Crippen LogP contribution in [0.1, 0.15) is 32.8 Å². The van der Waals surface area contributed by atoms with Crippen molar-refractivity contribution in [2.75, 3.05) is 5.32 Å². The third kappa shape index (κ3) is 2.48. The quantitative estimate of drug-likeness (QED) is 0.830. The molecule has 1 heterocycles. The number of aryl methyl sites for hydroxylation is 1. The monoisotopic (exact) mass is 276 g/mol. The maximum absolute atomic E-state index is 12.3. The van der Waals surface area contributed by atoms with E-state index in [4.69, 9.17) is 4.74 Å². The summed E-state index contributed by atoms with van der Waals surface area (Å²) in [5.74, 6) is -0.357. The molecule has 2 atom stereocenters. The van der Waals surface area contributed by atoms with Crippen molar-refractivity contribution in [1.29, 1.82) is 0 Å². The largest absolute Gasteiger partial charge is 0.466 e. The SMILES string of the molecule is CCC(C)NC(=O)C1(C)Oc2ccc(C)cc2NC1=O. The number of hydrogen-bond donors (Lipinski definition) is 2. The van der Waals surface area contributed by atoms with Gasteiger partial charge in [0, 0.05) is 6.04 Å². The fraction of sp³-hybridized carbons (Fsp3) is 0.467. The van der Waals surface area contributed by atoms with E-state index in [1.807, 2.05) is 32.9 Å². The standard InChI is InChI=1S/C15H20N2O3/c1-5-10(3)16-13(18)15(4)14(19)17-11-8-9(2)6-7-12(11)20-15/h6-8,10H,5H2,1-4H3,(H,16,18)(H,17,19). The minimum absolute atomic E-state index is 0.00450. The fourth-order valence-electron chi connectivity index (χ4n) is 1.95. The number of rotatable bonds is 3. The van der Waals surface area contributed by atoms with Crippen LogP contribution < -0.4 is 15.4 Å². The maximum atomic E-state index is 12.3. The van der Waals surface area contributed by atoms with Crippen LogP contribution in [-0.4, -0.2) is 23.5 Å². The first kappa shape index (κ1) is 14.4. The zero-order chi connectivity index (χ0) is 14.9. The molecule has 2 amide bonds. The first-order valence-corrected chi connectivity index (χ1v) is 6.79. The average molecular weight is 276 g/mol. The number of fused-ring (bicyclic) bond motifs is 1. The van der Waals surface area contributed by atoms with Gasteiger partial charge in [0.25, 0.3) is 17.4 Å². The van der Waals surface area contributed by atoms with Crippen LogP contribution in [0.25, 0.3) is 0 Å². The van der Waals surface area contributed by atoms with Crippen LogP contribution in [-0.2, 0) is 9.59 Å². The van der Waals surface area contributed by atoms with Crippen LogP contribution in [0, 0.1) is 6.92 Å². The van der Waals surface area contributed by atoms with Crippen LogP contribution in [0.3, 0.4) is 0 Å². The molecule has 20 heavy (non-hydrogen) atoms. The molecule has 0 fully saturated rings. The highest BCUT2D eigenvalue weighted by molar-refractivity contribution is 6.15. The summed E-state index contributed by atoms with van der Waals surface area (Å²) in [5, 5.41) is 5.53. The van der Waals surface area contributed by atoms with E-state index in [1.54, 1.807) is 6.07 Å². The number of ether oxygens (including phenoxy) is 1. The smallest absolute Gasteiger partial charge is 0.278 e. The van der Waals surface area contributed by atoms with Gasteiger partial charge in [-0.1, -0.05) is 13.0 Å². The normalized spacial score (nSPS) is 22.3. The minimum atomic E-state index is -1.54. The number of amides is 2. The highest BCUT2D eigenvalue weighted by atomic mass is 16.5. The second-order valence-corrected chi connectivity index (χ2v) is 5.37. The lowest BCUT2D eigenvalue weighted by Crippen LogP contribution is -2.59. The number of hydrogen-bond acceptors (Lipinski definition) is 3. The van der Waals surface area contributed by atoms with Crippen molar-refractivity contribution in [3.63, 3.8) is 0 Å². The number of nitrogens with one attached hydrogen (secondary N) is 2. The van der Waals surface area contributed by atoms with E-state index in [-0.39, 0.29) is 6.04 Å². The van der Waals surface area contributed by atoms with E-state index in [2.05, 4.69) is 10.6 Å². The summed E-state index contributed by atoms with van der Waals surface area (Å²) >= 11 is 0. The van der Waals surface area contributed by atoms with Crippen molar-refractivity contribution in [3.05, 3.63) is 23.8 Å². The lowest BCUT2D eigenvalue weighted by Gasteiger charge is -2.34. The zero-order valence-corrected chi connectivity index (χ0v) is 12.2. The number of benzene rings is 1. The summed E-state index contributed by atoms with van der Waals surface area (Å²) in [6, 6.07) is 5.46. The van der Waals surface area contributed by atoms with Gasteiger partial charge in [-0.3, -0.25) is 9.59 Å². The molecule has 2 unspecified atom stereocenters. The van der Waals surface area contributed by atoms with Crippen LogP contribution in [0.2, 0.25) is 0 Å². The third-order valence-electron chi connectivity index (χ3n) is 3.55. The maximum Gasteiger partial charge on any atom is 0.278 e. The van der Waals surface area contributed by atoms with Gasteiger partial charge < -0.3 is 15.4 Å². The second-order valence-electron chi connectivity index (χ2n) is 5.37. The Morgan fingerprint density at radius 2 is 2.20 bits per heavy atom. The summed E-state index contributed by atoms with van der Waals surface area (Å²) < 4.78 is 5.67. The Bertz CT molecular complexity index is 556. The highest BCUT2D eigenvalue weighted by Gasteiger charge is 2.47. The van der Waals surface area contributed by atoms with Gasteiger partial charge in [0.15, 0.2) is 0 Å². The molecule has 0 spiro atoms. The Balaban J connectivity index is 2.27. The molecule has 2 rings (SSSR count). The Kier molecular flexibility index (Phi) is 3.70. The van der Waals surface area contributed by atoms with Crippen LogP contribution >= 0.6 is 0 Å². The third-order valence-corrected chi connectivity index (χ3v) is 3.55. The number of anilines is 1. The number of carbonyl (C=O) groups excluding carboxylic acids is 2. The minimum Gasteiger partial charge on any atom is -0.466 e. The lowest BCUT2D eigenvalue weighted by molar-refractivity contribution is -0.147. The zero-order valence-electron chi connectivity index (χ0n) is 12.2. The van der Waals surface area contributed by atoms with Crippen LogP contribution in [0.5, 0.6) is 5.75 Å². The van der Waals surface area contributed by atoms with E-state index in [9.17, 15) is 9.59 Å². The molecule has 0 aromatic heterocycles. The van der Waals surface area contributed by atoms with E-state index in [0.29, 0.717) is 11.4 Å². The van der Waals surface area contributed by atoms with Crippen molar-refractivity contribution >= 4 is 17.5 Å². The second kappa shape index (κ2) is 5.15. The van der Waals surface area contributed by atoms with Gasteiger partial charge in [0.05, 0.1) is 5.69 Å². The predicted molar refractivity (Wildman–Crippen MR) is 76.7 cm³/mol. The molecule has 0 radical (unpaired) electrons. The van der Waals surface area contributed by atoms with Gasteiger partial charge in [-0.25, -0.2) is 0 Å². The van der Waals surface area contributed by atoms with Gasteiger partial charge in [0.2, 0.25) is 0 Å². The fourth-order valence-corrected chi connectivity index (χ4v) is 1.95. The molecule has 0 saturated carbocycles. The molecule has 0 aliphatic carbocycles. The van der Waals surface area contributed by atoms with Crippen LogP contribution in [0.15, 0.2) is 18.2 Å². The Morgan fingerprint density at radius 1 is 1.50 bits per heavy atom. The van der Waals surface area contributed by atoms with E-state index < -0.39 is 17.4 Å². The Labute approximate surface area is 118 Å². The van der Waals surface area contributed by atoms with Crippen molar-refractivity contribution in [2.24, 2.45) is 0 Å². The average Bonchev–Trinajstić information content (AvgIpc) is 2.40. The molecular formula is C15H20N2O3. The molecule has 5 nitrogen and oxygen atoms in total. The van der Waals surface area contributed by atoms with Crippen molar-refractivity contribution in [1.82, 2.24) is 5.32 Å². The number of carbonyl (C=O) groups is 2. The molecule has 2 N–H and O–H groups in total. The molecule has 1 aromatic carbocycles. The Morgan fingerprint density at radius 3 is 2.85 bits per heavy atom. The molecule has 1 aromatic rings. The Hall–Kier alpha value is -2.04. The molecule has 108 valence electrons. The predicted octanol–water partition coefficient (Wildman–Crippen LogP) is 2.00. The molecule has 0 saturated heterocycles. The first-order valence-electron chi connectivity index (χ1n) is 6.79. The summed E-state index contributed by atoms with van der Waals surface area (Å²) in [6.07, 6.45) is 0.791. The topological polar surface area (TPSA) is 67.4 Å².